The predicted octanol–water partition coefficient (Wildman–Crippen LogP) is 3.17. The standard InChI is InChI=1S/C17H25NO3/c1-20-15-9-12(10-16(21-2)17(15)19)11-18-8-4-6-13-5-3-7-14(13)18/h9-10,13-14,19H,3-8,11H2,1-2H3. The van der Waals surface area contributed by atoms with Crippen LogP contribution in [0, 0.1) is 5.92 Å². The molecule has 3 rings (SSSR count). The Hall–Kier alpha value is -1.42. The summed E-state index contributed by atoms with van der Waals surface area (Å²) >= 11 is 0. The molecule has 2 unspecified atom stereocenters. The highest BCUT2D eigenvalue weighted by atomic mass is 16.5. The zero-order valence-corrected chi connectivity index (χ0v) is 13.0. The van der Waals surface area contributed by atoms with Crippen LogP contribution in [0.1, 0.15) is 37.7 Å². The lowest BCUT2D eigenvalue weighted by Crippen LogP contribution is -2.41. The Morgan fingerprint density at radius 3 is 2.43 bits per heavy atom. The van der Waals surface area contributed by atoms with E-state index in [9.17, 15) is 5.11 Å². The molecule has 4 heteroatoms. The fraction of sp³-hybridized carbons (Fsp3) is 0.647. The molecule has 116 valence electrons. The average Bonchev–Trinajstić information content (AvgIpc) is 2.98. The van der Waals surface area contributed by atoms with E-state index in [0.717, 1.165) is 24.1 Å². The van der Waals surface area contributed by atoms with Gasteiger partial charge in [-0.3, -0.25) is 4.90 Å². The van der Waals surface area contributed by atoms with Crippen LogP contribution in [-0.4, -0.2) is 36.8 Å². The molecule has 0 spiro atoms. The molecule has 2 fully saturated rings. The summed E-state index contributed by atoms with van der Waals surface area (Å²) in [5, 5.41) is 10.0. The maximum atomic E-state index is 10.0. The molecule has 1 aromatic carbocycles. The Balaban J connectivity index is 1.80. The first-order valence-electron chi connectivity index (χ1n) is 7.91. The van der Waals surface area contributed by atoms with Crippen molar-refractivity contribution >= 4 is 0 Å². The molecule has 1 N–H and O–H groups in total. The number of aromatic hydroxyl groups is 1. The predicted molar refractivity (Wildman–Crippen MR) is 82.0 cm³/mol. The molecule has 1 aliphatic heterocycles. The summed E-state index contributed by atoms with van der Waals surface area (Å²) in [6.07, 6.45) is 6.78. The van der Waals surface area contributed by atoms with Gasteiger partial charge in [-0.2, -0.15) is 0 Å². The lowest BCUT2D eigenvalue weighted by Gasteiger charge is -2.37. The quantitative estimate of drug-likeness (QED) is 0.925. The minimum Gasteiger partial charge on any atom is -0.502 e. The van der Waals surface area contributed by atoms with E-state index >= 15 is 0 Å². The van der Waals surface area contributed by atoms with Gasteiger partial charge in [0.15, 0.2) is 11.5 Å². The van der Waals surface area contributed by atoms with Crippen molar-refractivity contribution < 1.29 is 14.6 Å². The molecule has 2 aliphatic rings. The monoisotopic (exact) mass is 291 g/mol. The smallest absolute Gasteiger partial charge is 0.200 e. The number of piperidine rings is 1. The van der Waals surface area contributed by atoms with E-state index in [1.54, 1.807) is 14.2 Å². The second-order valence-corrected chi connectivity index (χ2v) is 6.22. The minimum atomic E-state index is 0.0844. The summed E-state index contributed by atoms with van der Waals surface area (Å²) in [4.78, 5) is 2.60. The van der Waals surface area contributed by atoms with Gasteiger partial charge in [0, 0.05) is 12.6 Å². The van der Waals surface area contributed by atoms with E-state index in [-0.39, 0.29) is 5.75 Å². The molecule has 0 bridgehead atoms. The van der Waals surface area contributed by atoms with Crippen molar-refractivity contribution in [1.82, 2.24) is 4.90 Å². The number of methoxy groups -OCH3 is 2. The Morgan fingerprint density at radius 2 is 1.76 bits per heavy atom. The van der Waals surface area contributed by atoms with E-state index in [2.05, 4.69) is 4.90 Å². The van der Waals surface area contributed by atoms with Gasteiger partial charge in [0.2, 0.25) is 5.75 Å². The van der Waals surface area contributed by atoms with E-state index in [0.29, 0.717) is 11.5 Å². The van der Waals surface area contributed by atoms with Crippen LogP contribution in [0.5, 0.6) is 17.2 Å². The third kappa shape index (κ3) is 2.82. The van der Waals surface area contributed by atoms with Gasteiger partial charge >= 0.3 is 0 Å². The van der Waals surface area contributed by atoms with Crippen molar-refractivity contribution in [1.29, 1.82) is 0 Å². The van der Waals surface area contributed by atoms with Gasteiger partial charge in [-0.25, -0.2) is 0 Å². The normalized spacial score (nSPS) is 25.6. The van der Waals surface area contributed by atoms with E-state index in [4.69, 9.17) is 9.47 Å². The first-order chi connectivity index (χ1) is 10.2. The number of hydrogen-bond donors (Lipinski definition) is 1. The SMILES string of the molecule is COc1cc(CN2CCCC3CCCC32)cc(OC)c1O. The van der Waals surface area contributed by atoms with Crippen LogP contribution in [-0.2, 0) is 6.54 Å². The van der Waals surface area contributed by atoms with Crippen molar-refractivity contribution in [3.63, 3.8) is 0 Å². The Kier molecular flexibility index (Phi) is 4.24. The van der Waals surface area contributed by atoms with Crippen molar-refractivity contribution in [2.75, 3.05) is 20.8 Å². The van der Waals surface area contributed by atoms with Crippen LogP contribution in [0.2, 0.25) is 0 Å². The summed E-state index contributed by atoms with van der Waals surface area (Å²) in [6.45, 7) is 2.08. The number of likely N-dealkylation sites (tertiary alicyclic amines) is 1. The van der Waals surface area contributed by atoms with E-state index in [1.165, 1.54) is 38.6 Å². The minimum absolute atomic E-state index is 0.0844. The fourth-order valence-electron chi connectivity index (χ4n) is 4.03. The number of fused-ring (bicyclic) bond motifs is 1. The molecule has 21 heavy (non-hydrogen) atoms. The van der Waals surface area contributed by atoms with Crippen molar-refractivity contribution in [2.45, 2.75) is 44.7 Å². The highest BCUT2D eigenvalue weighted by Gasteiger charge is 2.34. The van der Waals surface area contributed by atoms with Crippen LogP contribution in [0.15, 0.2) is 12.1 Å². The van der Waals surface area contributed by atoms with Gasteiger partial charge in [-0.05, 0) is 55.8 Å². The number of phenols is 1. The third-order valence-electron chi connectivity index (χ3n) is 5.03. The molecule has 0 radical (unpaired) electrons. The summed E-state index contributed by atoms with van der Waals surface area (Å²) in [6, 6.07) is 4.59. The maximum Gasteiger partial charge on any atom is 0.200 e. The second-order valence-electron chi connectivity index (χ2n) is 6.22. The molecule has 1 aliphatic carbocycles. The van der Waals surface area contributed by atoms with E-state index in [1.807, 2.05) is 12.1 Å². The fourth-order valence-corrected chi connectivity index (χ4v) is 4.03. The zero-order chi connectivity index (χ0) is 14.8. The highest BCUT2D eigenvalue weighted by molar-refractivity contribution is 5.52. The van der Waals surface area contributed by atoms with Gasteiger partial charge in [-0.1, -0.05) is 6.42 Å². The van der Waals surface area contributed by atoms with Crippen LogP contribution in [0.4, 0.5) is 0 Å². The van der Waals surface area contributed by atoms with Gasteiger partial charge in [0.25, 0.3) is 0 Å². The van der Waals surface area contributed by atoms with Gasteiger partial charge in [-0.15, -0.1) is 0 Å². The molecule has 1 saturated carbocycles. The Morgan fingerprint density at radius 1 is 1.10 bits per heavy atom. The molecule has 1 heterocycles. The molecule has 4 nitrogen and oxygen atoms in total. The summed E-state index contributed by atoms with van der Waals surface area (Å²) in [5.74, 6) is 1.95. The molecule has 1 aromatic rings. The van der Waals surface area contributed by atoms with Crippen molar-refractivity contribution in [3.8, 4) is 17.2 Å². The largest absolute Gasteiger partial charge is 0.502 e. The zero-order valence-electron chi connectivity index (χ0n) is 13.0. The summed E-state index contributed by atoms with van der Waals surface area (Å²) in [5.41, 5.74) is 1.15. The van der Waals surface area contributed by atoms with E-state index < -0.39 is 0 Å². The number of ether oxygens (including phenoxy) is 2. The first kappa shape index (κ1) is 14.5. The molecular formula is C17H25NO3. The van der Waals surface area contributed by atoms with Crippen molar-refractivity contribution in [2.24, 2.45) is 5.92 Å². The van der Waals surface area contributed by atoms with Crippen LogP contribution in [0.25, 0.3) is 0 Å². The summed E-state index contributed by atoms with van der Waals surface area (Å²) < 4.78 is 10.5. The molecular weight excluding hydrogens is 266 g/mol. The molecule has 2 atom stereocenters. The molecule has 1 saturated heterocycles. The topological polar surface area (TPSA) is 41.9 Å². The Labute approximate surface area is 126 Å². The Bertz CT molecular complexity index is 478. The second kappa shape index (κ2) is 6.14. The van der Waals surface area contributed by atoms with Crippen molar-refractivity contribution in [3.05, 3.63) is 17.7 Å². The summed E-state index contributed by atoms with van der Waals surface area (Å²) in [7, 11) is 3.15. The number of hydrogen-bond acceptors (Lipinski definition) is 4. The van der Waals surface area contributed by atoms with Gasteiger partial charge in [0.05, 0.1) is 14.2 Å². The lowest BCUT2D eigenvalue weighted by molar-refractivity contribution is 0.105. The number of rotatable bonds is 4. The highest BCUT2D eigenvalue weighted by Crippen LogP contribution is 2.40. The lowest BCUT2D eigenvalue weighted by atomic mass is 9.91. The van der Waals surface area contributed by atoms with Crippen LogP contribution in [0.3, 0.4) is 0 Å². The molecule has 0 aromatic heterocycles. The van der Waals surface area contributed by atoms with Gasteiger partial charge in [0.1, 0.15) is 0 Å². The van der Waals surface area contributed by atoms with Crippen LogP contribution < -0.4 is 9.47 Å². The number of nitrogens with zero attached hydrogens (tertiary/aromatic N) is 1. The van der Waals surface area contributed by atoms with Gasteiger partial charge < -0.3 is 14.6 Å². The van der Waals surface area contributed by atoms with Crippen LogP contribution >= 0.6 is 0 Å². The number of phenolic OH excluding ortho intramolecular Hbond substituents is 1. The third-order valence-corrected chi connectivity index (χ3v) is 5.03. The molecule has 0 amide bonds. The maximum absolute atomic E-state index is 10.0. The number of benzene rings is 1. The first-order valence-corrected chi connectivity index (χ1v) is 7.91. The average molecular weight is 291 g/mol.